The van der Waals surface area contributed by atoms with Crippen LogP contribution in [0.15, 0.2) is 31.9 Å². The van der Waals surface area contributed by atoms with Crippen LogP contribution in [0, 0.1) is 0 Å². The van der Waals surface area contributed by atoms with Crippen molar-refractivity contribution in [1.29, 1.82) is 0 Å². The molecule has 0 aliphatic rings. The third-order valence-corrected chi connectivity index (χ3v) is 11.4. The van der Waals surface area contributed by atoms with E-state index in [0.29, 0.717) is 18.9 Å². The van der Waals surface area contributed by atoms with Gasteiger partial charge in [0.25, 0.3) is 0 Å². The van der Waals surface area contributed by atoms with E-state index in [1.807, 2.05) is 0 Å². The normalized spacial score (nSPS) is 14.4. The summed E-state index contributed by atoms with van der Waals surface area (Å²) < 4.78 is 260. The number of halogens is 18. The molecule has 0 aliphatic carbocycles. The van der Waals surface area contributed by atoms with Gasteiger partial charge in [0.05, 0.1) is 11.1 Å². The molecule has 1 aromatic carbocycles. The van der Waals surface area contributed by atoms with E-state index in [4.69, 9.17) is 27.2 Å². The van der Waals surface area contributed by atoms with Crippen molar-refractivity contribution in [2.75, 3.05) is 27.9 Å². The number of fused-ring (bicyclic) bond motifs is 1. The van der Waals surface area contributed by atoms with Gasteiger partial charge in [-0.2, -0.15) is 74.6 Å². The minimum absolute atomic E-state index is 0.0616. The molecule has 8 nitrogen and oxygen atoms in total. The van der Waals surface area contributed by atoms with Crippen molar-refractivity contribution in [3.8, 4) is 5.75 Å². The minimum Gasteiger partial charge on any atom is -0.492 e. The van der Waals surface area contributed by atoms with E-state index in [9.17, 15) is 84.2 Å². The standard InChI is InChI=1S/C29H28BrF17O8Si/c1-50-56(51-2,52-3)10-5-4-7-20(48)54-14-15-11-21(49)55-18-13-19(17(30)12-16(15)18)53-9-6-8-22(31,32)23(33,34)24(35,36)25(37,38)26(39,40)27(41,42)28(43,44)29(45,46)47/h11-13H,4-10,14H2,1-3H3. The second-order valence-electron chi connectivity index (χ2n) is 11.6. The van der Waals surface area contributed by atoms with Gasteiger partial charge in [-0.25, -0.2) is 4.79 Å². The lowest BCUT2D eigenvalue weighted by Crippen LogP contribution is -2.74. The van der Waals surface area contributed by atoms with E-state index in [0.717, 1.165) is 18.2 Å². The molecule has 0 N–H and O–H groups in total. The maximum Gasteiger partial charge on any atom is 0.500 e. The van der Waals surface area contributed by atoms with Crippen LogP contribution >= 0.6 is 15.9 Å². The molecule has 322 valence electrons. The van der Waals surface area contributed by atoms with Crippen LogP contribution in [0.2, 0.25) is 6.04 Å². The van der Waals surface area contributed by atoms with E-state index in [1.54, 1.807) is 0 Å². The molecule has 0 bridgehead atoms. The molecule has 0 saturated carbocycles. The lowest BCUT2D eigenvalue weighted by atomic mass is 9.88. The molecular formula is C29H28BrF17O8Si. The second-order valence-corrected chi connectivity index (χ2v) is 15.6. The van der Waals surface area contributed by atoms with Gasteiger partial charge in [0, 0.05) is 63.3 Å². The van der Waals surface area contributed by atoms with Gasteiger partial charge in [0.15, 0.2) is 0 Å². The number of rotatable bonds is 21. The van der Waals surface area contributed by atoms with E-state index in [1.165, 1.54) is 21.3 Å². The zero-order valence-corrected chi connectivity index (χ0v) is 31.0. The summed E-state index contributed by atoms with van der Waals surface area (Å²) in [6.07, 6.45) is -11.4. The Morgan fingerprint density at radius 3 is 1.70 bits per heavy atom. The SMILES string of the molecule is CO[Si](CCCCC(=O)OCc1cc(=O)oc2cc(OCCCC(F)(F)C(F)(F)C(F)(F)C(F)(F)C(F)(F)C(F)(F)C(F)(F)C(F)(F)F)c(Br)cc12)(OC)OC. The first-order valence-electron chi connectivity index (χ1n) is 15.2. The van der Waals surface area contributed by atoms with Crippen LogP contribution in [0.25, 0.3) is 11.0 Å². The maximum atomic E-state index is 14.3. The van der Waals surface area contributed by atoms with Crippen molar-refractivity contribution >= 4 is 41.7 Å². The van der Waals surface area contributed by atoms with Crippen molar-refractivity contribution < 1.29 is 107 Å². The molecule has 0 atom stereocenters. The van der Waals surface area contributed by atoms with E-state index in [-0.39, 0.29) is 27.4 Å². The zero-order chi connectivity index (χ0) is 43.6. The summed E-state index contributed by atoms with van der Waals surface area (Å²) in [5.41, 5.74) is -1.29. The molecule has 0 saturated heterocycles. The summed E-state index contributed by atoms with van der Waals surface area (Å²) in [6.45, 7) is -1.71. The Morgan fingerprint density at radius 1 is 0.696 bits per heavy atom. The second kappa shape index (κ2) is 17.1. The smallest absolute Gasteiger partial charge is 0.492 e. The summed E-state index contributed by atoms with van der Waals surface area (Å²) in [4.78, 5) is 24.4. The summed E-state index contributed by atoms with van der Waals surface area (Å²) in [5.74, 6) is -58.1. The van der Waals surface area contributed by atoms with Crippen LogP contribution in [-0.4, -0.2) is 90.3 Å². The van der Waals surface area contributed by atoms with Crippen LogP contribution in [-0.2, 0) is 29.4 Å². The van der Waals surface area contributed by atoms with Gasteiger partial charge >= 0.3 is 68.0 Å². The lowest BCUT2D eigenvalue weighted by Gasteiger charge is -2.42. The van der Waals surface area contributed by atoms with Crippen molar-refractivity contribution in [3.05, 3.63) is 38.7 Å². The fourth-order valence-electron chi connectivity index (χ4n) is 4.69. The van der Waals surface area contributed by atoms with Crippen LogP contribution < -0.4 is 10.4 Å². The van der Waals surface area contributed by atoms with Gasteiger partial charge < -0.3 is 27.2 Å². The average molecular weight is 935 g/mol. The van der Waals surface area contributed by atoms with Crippen LogP contribution in [0.4, 0.5) is 74.6 Å². The fourth-order valence-corrected chi connectivity index (χ4v) is 6.94. The van der Waals surface area contributed by atoms with Gasteiger partial charge in [-0.15, -0.1) is 0 Å². The number of benzene rings is 1. The quantitative estimate of drug-likeness (QED) is 0.0402. The van der Waals surface area contributed by atoms with E-state index in [2.05, 4.69) is 15.9 Å². The molecule has 27 heteroatoms. The molecule has 1 heterocycles. The number of alkyl halides is 17. The Hall–Kier alpha value is -2.91. The first-order chi connectivity index (χ1) is 25.3. The highest BCUT2D eigenvalue weighted by molar-refractivity contribution is 9.10. The van der Waals surface area contributed by atoms with E-state index >= 15 is 0 Å². The third kappa shape index (κ3) is 9.19. The number of carbonyl (C=O) groups excluding carboxylic acids is 1. The monoisotopic (exact) mass is 934 g/mol. The zero-order valence-electron chi connectivity index (χ0n) is 28.5. The van der Waals surface area contributed by atoms with Gasteiger partial charge in [-0.1, -0.05) is 0 Å². The van der Waals surface area contributed by atoms with Gasteiger partial charge in [-0.3, -0.25) is 4.79 Å². The Morgan fingerprint density at radius 2 is 1.20 bits per heavy atom. The van der Waals surface area contributed by atoms with Crippen molar-refractivity contribution in [3.63, 3.8) is 0 Å². The van der Waals surface area contributed by atoms with Gasteiger partial charge in [0.1, 0.15) is 17.9 Å². The minimum atomic E-state index is -8.71. The van der Waals surface area contributed by atoms with Crippen molar-refractivity contribution in [2.24, 2.45) is 0 Å². The molecule has 0 spiro atoms. The molecule has 56 heavy (non-hydrogen) atoms. The van der Waals surface area contributed by atoms with Gasteiger partial charge in [0.2, 0.25) is 0 Å². The van der Waals surface area contributed by atoms with E-state index < -0.39 is 99.8 Å². The Bertz CT molecular complexity index is 1720. The summed E-state index contributed by atoms with van der Waals surface area (Å²) >= 11 is 2.97. The number of esters is 1. The highest BCUT2D eigenvalue weighted by Crippen LogP contribution is 2.64. The molecule has 0 radical (unpaired) electrons. The highest BCUT2D eigenvalue weighted by atomic mass is 79.9. The number of ether oxygens (including phenoxy) is 2. The highest BCUT2D eigenvalue weighted by Gasteiger charge is 2.95. The molecule has 2 aromatic rings. The molecule has 0 amide bonds. The Kier molecular flexibility index (Phi) is 15.1. The first kappa shape index (κ1) is 49.2. The predicted octanol–water partition coefficient (Wildman–Crippen LogP) is 9.82. The van der Waals surface area contributed by atoms with Crippen molar-refractivity contribution in [2.45, 2.75) is 92.4 Å². The molecule has 2 rings (SSSR count). The largest absolute Gasteiger partial charge is 0.500 e. The number of hydrogen-bond donors (Lipinski definition) is 0. The molecule has 0 fully saturated rings. The summed E-state index contributed by atoms with van der Waals surface area (Å²) in [6, 6.07) is 3.36. The summed E-state index contributed by atoms with van der Waals surface area (Å²) in [7, 11) is 1.32. The Labute approximate surface area is 313 Å². The number of carbonyl (C=O) groups is 1. The third-order valence-electron chi connectivity index (χ3n) is 8.00. The fraction of sp³-hybridized carbons (Fsp3) is 0.655. The molecule has 1 aromatic heterocycles. The maximum absolute atomic E-state index is 14.3. The predicted molar refractivity (Wildman–Crippen MR) is 161 cm³/mol. The first-order valence-corrected chi connectivity index (χ1v) is 17.9. The average Bonchev–Trinajstić information content (AvgIpc) is 3.08. The lowest BCUT2D eigenvalue weighted by molar-refractivity contribution is -0.461. The molecule has 0 aliphatic heterocycles. The molecular weight excluding hydrogens is 907 g/mol. The van der Waals surface area contributed by atoms with Crippen LogP contribution in [0.3, 0.4) is 0 Å². The van der Waals surface area contributed by atoms with Crippen molar-refractivity contribution in [1.82, 2.24) is 0 Å². The number of hydrogen-bond acceptors (Lipinski definition) is 8. The van der Waals surface area contributed by atoms with Crippen LogP contribution in [0.1, 0.15) is 37.7 Å². The van der Waals surface area contributed by atoms with Gasteiger partial charge in [-0.05, 0) is 41.3 Å². The number of unbranched alkanes of at least 4 members (excludes halogenated alkanes) is 1. The summed E-state index contributed by atoms with van der Waals surface area (Å²) in [5, 5.41) is 0.0809. The Balaban J connectivity index is 2.17. The topological polar surface area (TPSA) is 93.4 Å². The molecule has 0 unspecified atom stereocenters. The van der Waals surface area contributed by atoms with Crippen LogP contribution in [0.5, 0.6) is 5.75 Å².